The van der Waals surface area contributed by atoms with Crippen molar-refractivity contribution in [1.82, 2.24) is 5.32 Å². The number of hydrogen-bond donors (Lipinski definition) is 3. The van der Waals surface area contributed by atoms with Crippen LogP contribution in [0.25, 0.3) is 0 Å². The second-order valence-electron chi connectivity index (χ2n) is 24.3. The molecule has 0 saturated carbocycles. The van der Waals surface area contributed by atoms with E-state index in [1.807, 2.05) is 6.08 Å². The van der Waals surface area contributed by atoms with Crippen molar-refractivity contribution in [2.75, 3.05) is 6.61 Å². The number of carbonyl (C=O) groups excluding carboxylic acids is 1. The number of hydrogen-bond acceptors (Lipinski definition) is 3. The van der Waals surface area contributed by atoms with Crippen LogP contribution in [0.5, 0.6) is 0 Å². The maximum absolute atomic E-state index is 12.6. The fourth-order valence-electron chi connectivity index (χ4n) is 10.9. The summed E-state index contributed by atoms with van der Waals surface area (Å²) in [6.07, 6.45) is 106. The van der Waals surface area contributed by atoms with Crippen LogP contribution in [0, 0.1) is 0 Å². The minimum absolute atomic E-state index is 0.0619. The quantitative estimate of drug-likeness (QED) is 0.0420. The molecule has 0 fully saturated rings. The standard InChI is InChI=1S/C77H139NO3/c1-3-5-7-9-11-13-15-17-19-21-23-25-27-29-31-33-35-37-38-39-40-41-43-45-47-49-51-53-55-57-59-61-63-65-67-69-71-73-77(81)78-75(74-79)76(80)72-70-68-66-64-62-60-58-56-54-52-50-48-46-44-42-36-34-32-30-28-26-24-22-20-18-16-14-12-10-8-6-4-2/h5,7,11,13,17,19,23,25,29,31,35,37,39-40,70,72,75-76,79-80H,3-4,6,8-10,12,14-16,18,20-22,24,26-28,30,32-34,36,38,41-69,71,73-74H2,1-2H3,(H,78,81)/b7-5-,13-11-,19-17-,25-23-,31-29-,37-35-,40-39-,72-70+. The van der Waals surface area contributed by atoms with E-state index in [0.29, 0.717) is 6.42 Å². The normalized spacial score (nSPS) is 13.3. The van der Waals surface area contributed by atoms with Crippen LogP contribution in [-0.4, -0.2) is 34.9 Å². The highest BCUT2D eigenvalue weighted by atomic mass is 16.3. The molecule has 0 aliphatic carbocycles. The molecule has 3 N–H and O–H groups in total. The van der Waals surface area contributed by atoms with E-state index in [4.69, 9.17) is 0 Å². The van der Waals surface area contributed by atoms with Crippen molar-refractivity contribution < 1.29 is 15.0 Å². The van der Waals surface area contributed by atoms with Gasteiger partial charge in [0.25, 0.3) is 0 Å². The highest BCUT2D eigenvalue weighted by Gasteiger charge is 2.18. The van der Waals surface area contributed by atoms with Crippen molar-refractivity contribution >= 4 is 5.91 Å². The number of amides is 1. The molecule has 2 unspecified atom stereocenters. The summed E-state index contributed by atoms with van der Waals surface area (Å²) in [6, 6.07) is -0.629. The molecule has 0 bridgehead atoms. The van der Waals surface area contributed by atoms with Gasteiger partial charge in [0.1, 0.15) is 0 Å². The molecule has 0 spiro atoms. The first kappa shape index (κ1) is 78.3. The third kappa shape index (κ3) is 68.0. The van der Waals surface area contributed by atoms with Crippen molar-refractivity contribution in [3.8, 4) is 0 Å². The number of unbranched alkanes of at least 4 members (excludes halogenated alkanes) is 45. The van der Waals surface area contributed by atoms with E-state index in [9.17, 15) is 15.0 Å². The number of nitrogens with one attached hydrogen (secondary N) is 1. The summed E-state index contributed by atoms with van der Waals surface area (Å²) < 4.78 is 0. The molecule has 1 amide bonds. The Balaban J connectivity index is 3.47. The third-order valence-electron chi connectivity index (χ3n) is 16.3. The molecular weight excluding hydrogens is 987 g/mol. The van der Waals surface area contributed by atoms with E-state index in [0.717, 1.165) is 70.6 Å². The van der Waals surface area contributed by atoms with Gasteiger partial charge in [0, 0.05) is 6.42 Å². The lowest BCUT2D eigenvalue weighted by Gasteiger charge is -2.20. The van der Waals surface area contributed by atoms with Gasteiger partial charge in [-0.1, -0.05) is 381 Å². The van der Waals surface area contributed by atoms with Gasteiger partial charge in [0.2, 0.25) is 5.91 Å². The Morgan fingerprint density at radius 1 is 0.309 bits per heavy atom. The van der Waals surface area contributed by atoms with Crippen LogP contribution in [0.1, 0.15) is 367 Å². The predicted molar refractivity (Wildman–Crippen MR) is 363 cm³/mol. The van der Waals surface area contributed by atoms with Crippen LogP contribution in [0.4, 0.5) is 0 Å². The van der Waals surface area contributed by atoms with Crippen molar-refractivity contribution in [3.05, 3.63) is 97.2 Å². The molecule has 0 aromatic heterocycles. The molecule has 4 nitrogen and oxygen atoms in total. The highest BCUT2D eigenvalue weighted by Crippen LogP contribution is 2.19. The summed E-state index contributed by atoms with van der Waals surface area (Å²) in [6.45, 7) is 4.23. The Labute approximate surface area is 506 Å². The predicted octanol–water partition coefficient (Wildman–Crippen LogP) is 24.8. The molecule has 470 valence electrons. The van der Waals surface area contributed by atoms with Gasteiger partial charge in [-0.05, 0) is 77.0 Å². The number of carbonyl (C=O) groups is 1. The Morgan fingerprint density at radius 2 is 0.543 bits per heavy atom. The Hall–Kier alpha value is -2.69. The minimum atomic E-state index is -0.846. The van der Waals surface area contributed by atoms with Crippen molar-refractivity contribution in [1.29, 1.82) is 0 Å². The van der Waals surface area contributed by atoms with Gasteiger partial charge in [0.15, 0.2) is 0 Å². The summed E-state index contributed by atoms with van der Waals surface area (Å²) in [4.78, 5) is 12.6. The summed E-state index contributed by atoms with van der Waals surface area (Å²) >= 11 is 0. The maximum atomic E-state index is 12.6. The summed E-state index contributed by atoms with van der Waals surface area (Å²) in [7, 11) is 0. The zero-order chi connectivity index (χ0) is 58.4. The number of rotatable bonds is 66. The van der Waals surface area contributed by atoms with Crippen molar-refractivity contribution in [2.45, 2.75) is 379 Å². The van der Waals surface area contributed by atoms with E-state index in [-0.39, 0.29) is 12.5 Å². The first-order chi connectivity index (χ1) is 40.2. The van der Waals surface area contributed by atoms with Crippen LogP contribution in [0.2, 0.25) is 0 Å². The van der Waals surface area contributed by atoms with Gasteiger partial charge in [-0.3, -0.25) is 4.79 Å². The van der Waals surface area contributed by atoms with Crippen LogP contribution in [-0.2, 0) is 4.79 Å². The van der Waals surface area contributed by atoms with Crippen molar-refractivity contribution in [2.24, 2.45) is 0 Å². The lowest BCUT2D eigenvalue weighted by atomic mass is 10.0. The van der Waals surface area contributed by atoms with E-state index in [1.165, 1.54) is 276 Å². The van der Waals surface area contributed by atoms with Gasteiger partial charge in [-0.2, -0.15) is 0 Å². The second-order valence-corrected chi connectivity index (χ2v) is 24.3. The van der Waals surface area contributed by atoms with E-state index in [2.05, 4.69) is 104 Å². The maximum Gasteiger partial charge on any atom is 0.220 e. The zero-order valence-electron chi connectivity index (χ0n) is 54.3. The van der Waals surface area contributed by atoms with Crippen LogP contribution in [0.15, 0.2) is 97.2 Å². The first-order valence-corrected chi connectivity index (χ1v) is 36.0. The van der Waals surface area contributed by atoms with Gasteiger partial charge >= 0.3 is 0 Å². The summed E-state index contributed by atoms with van der Waals surface area (Å²) in [5.74, 6) is -0.0619. The monoisotopic (exact) mass is 1130 g/mol. The minimum Gasteiger partial charge on any atom is -0.394 e. The highest BCUT2D eigenvalue weighted by molar-refractivity contribution is 5.76. The molecule has 0 saturated heterocycles. The Bertz CT molecular complexity index is 1470. The van der Waals surface area contributed by atoms with Gasteiger partial charge in [0.05, 0.1) is 18.8 Å². The Kier molecular flexibility index (Phi) is 69.2. The van der Waals surface area contributed by atoms with Crippen LogP contribution < -0.4 is 5.32 Å². The van der Waals surface area contributed by atoms with Gasteiger partial charge < -0.3 is 15.5 Å². The van der Waals surface area contributed by atoms with Gasteiger partial charge in [-0.15, -0.1) is 0 Å². The number of aliphatic hydroxyl groups is 2. The summed E-state index contributed by atoms with van der Waals surface area (Å²) in [5, 5.41) is 23.3. The average molecular weight is 1130 g/mol. The number of allylic oxidation sites excluding steroid dienone is 15. The lowest BCUT2D eigenvalue weighted by molar-refractivity contribution is -0.123. The average Bonchev–Trinajstić information content (AvgIpc) is 3.47. The molecule has 0 aromatic carbocycles. The summed E-state index contributed by atoms with van der Waals surface area (Å²) in [5.41, 5.74) is 0. The largest absolute Gasteiger partial charge is 0.394 e. The van der Waals surface area contributed by atoms with E-state index < -0.39 is 12.1 Å². The van der Waals surface area contributed by atoms with Crippen molar-refractivity contribution in [3.63, 3.8) is 0 Å². The molecule has 81 heavy (non-hydrogen) atoms. The van der Waals surface area contributed by atoms with E-state index in [1.54, 1.807) is 6.08 Å². The molecule has 0 aliphatic rings. The third-order valence-corrected chi connectivity index (χ3v) is 16.3. The molecule has 2 atom stereocenters. The fourth-order valence-corrected chi connectivity index (χ4v) is 10.9. The van der Waals surface area contributed by atoms with Crippen LogP contribution in [0.3, 0.4) is 0 Å². The number of aliphatic hydroxyl groups excluding tert-OH is 2. The second kappa shape index (κ2) is 71.6. The SMILES string of the molecule is CC/C=C\C/C=C\C/C=C\C/C=C\C/C=C\C/C=C\C/C=C\CCCCCCCCCCCCCCCCCC(=O)NC(CO)C(O)/C=C/CCCCCCCCCCCCCCCCCCCCCCCCCCCCCCCC. The topological polar surface area (TPSA) is 69.6 Å². The molecule has 0 aromatic rings. The van der Waals surface area contributed by atoms with E-state index >= 15 is 0 Å². The van der Waals surface area contributed by atoms with Crippen LogP contribution >= 0.6 is 0 Å². The van der Waals surface area contributed by atoms with Gasteiger partial charge in [-0.25, -0.2) is 0 Å². The Morgan fingerprint density at radius 3 is 0.815 bits per heavy atom. The molecule has 0 rings (SSSR count). The smallest absolute Gasteiger partial charge is 0.220 e. The first-order valence-electron chi connectivity index (χ1n) is 36.0. The lowest BCUT2D eigenvalue weighted by Crippen LogP contribution is -2.45. The zero-order valence-corrected chi connectivity index (χ0v) is 54.3. The molecule has 0 aliphatic heterocycles. The molecule has 0 heterocycles. The molecule has 4 heteroatoms. The molecular formula is C77H139NO3. The fraction of sp³-hybridized carbons (Fsp3) is 0.779. The molecule has 0 radical (unpaired) electrons.